The molecule has 192 valence electrons. The molecule has 3 aromatic carbocycles. The van der Waals surface area contributed by atoms with Gasteiger partial charge in [-0.05, 0) is 71.3 Å². The van der Waals surface area contributed by atoms with E-state index in [0.717, 1.165) is 22.4 Å². The lowest BCUT2D eigenvalue weighted by Gasteiger charge is -2.26. The van der Waals surface area contributed by atoms with Gasteiger partial charge < -0.3 is 11.1 Å². The molecule has 0 aliphatic carbocycles. The van der Waals surface area contributed by atoms with Crippen molar-refractivity contribution in [3.63, 3.8) is 0 Å². The van der Waals surface area contributed by atoms with E-state index in [-0.39, 0.29) is 17.5 Å². The zero-order valence-electron chi connectivity index (χ0n) is 21.4. The highest BCUT2D eigenvalue weighted by molar-refractivity contribution is 7.90. The zero-order valence-corrected chi connectivity index (χ0v) is 23.0. The number of carbonyl (C=O) groups excluding carboxylic acids is 1. The molecule has 0 unspecified atom stereocenters. The second kappa shape index (κ2) is 11.4. The molecule has 0 saturated heterocycles. The molecule has 3 aromatic rings. The fraction of sp³-hybridized carbons (Fsp3) is 0.321. The van der Waals surface area contributed by atoms with Crippen LogP contribution in [0.15, 0.2) is 59.5 Å². The molecule has 0 atom stereocenters. The van der Waals surface area contributed by atoms with Gasteiger partial charge >= 0.3 is 6.03 Å². The molecular weight excluding hydrogens is 494 g/mol. The van der Waals surface area contributed by atoms with Crippen molar-refractivity contribution >= 4 is 44.5 Å². The van der Waals surface area contributed by atoms with Gasteiger partial charge in [0.2, 0.25) is 0 Å². The molecule has 3 N–H and O–H groups in total. The first kappa shape index (κ1) is 27.6. The van der Waals surface area contributed by atoms with Gasteiger partial charge in [-0.25, -0.2) is 13.2 Å². The second-order valence-corrected chi connectivity index (χ2v) is 11.6. The molecule has 0 bridgehead atoms. The molecule has 6 nitrogen and oxygen atoms in total. The molecular formula is C28H34ClN3O3S. The second-order valence-electron chi connectivity index (χ2n) is 9.17. The van der Waals surface area contributed by atoms with E-state index >= 15 is 0 Å². The molecule has 8 heteroatoms. The fourth-order valence-electron chi connectivity index (χ4n) is 4.15. The number of halogens is 1. The lowest BCUT2D eigenvalue weighted by Crippen LogP contribution is -2.35. The van der Waals surface area contributed by atoms with E-state index < -0.39 is 9.84 Å². The number of benzene rings is 3. The Labute approximate surface area is 219 Å². The van der Waals surface area contributed by atoms with Crippen LogP contribution in [0.1, 0.15) is 55.9 Å². The molecule has 2 amide bonds. The van der Waals surface area contributed by atoms with Gasteiger partial charge in [0, 0.05) is 22.7 Å². The van der Waals surface area contributed by atoms with E-state index in [1.54, 1.807) is 35.2 Å². The van der Waals surface area contributed by atoms with E-state index in [2.05, 4.69) is 19.2 Å². The summed E-state index contributed by atoms with van der Waals surface area (Å²) in [4.78, 5) is 15.6. The van der Waals surface area contributed by atoms with Crippen molar-refractivity contribution in [2.75, 3.05) is 22.2 Å². The van der Waals surface area contributed by atoms with Gasteiger partial charge in [0.25, 0.3) is 0 Å². The summed E-state index contributed by atoms with van der Waals surface area (Å²) in [5.41, 5.74) is 11.8. The number of hydrogen-bond donors (Lipinski definition) is 2. The van der Waals surface area contributed by atoms with Crippen molar-refractivity contribution in [2.45, 2.75) is 57.9 Å². The molecule has 0 spiro atoms. The summed E-state index contributed by atoms with van der Waals surface area (Å²) >= 11 is 6.48. The number of nitrogens with one attached hydrogen (secondary N) is 1. The molecule has 36 heavy (non-hydrogen) atoms. The van der Waals surface area contributed by atoms with Gasteiger partial charge in [0.15, 0.2) is 9.84 Å². The average molecular weight is 528 g/mol. The van der Waals surface area contributed by atoms with Crippen molar-refractivity contribution in [2.24, 2.45) is 0 Å². The van der Waals surface area contributed by atoms with Gasteiger partial charge in [-0.15, -0.1) is 0 Å². The Kier molecular flexibility index (Phi) is 8.69. The van der Waals surface area contributed by atoms with Crippen molar-refractivity contribution in [1.29, 1.82) is 0 Å². The molecule has 0 heterocycles. The maximum absolute atomic E-state index is 13.8. The van der Waals surface area contributed by atoms with E-state index in [1.807, 2.05) is 38.1 Å². The number of amides is 2. The molecule has 0 radical (unpaired) electrons. The Hall–Kier alpha value is -3.03. The smallest absolute Gasteiger partial charge is 0.326 e. The monoisotopic (exact) mass is 527 g/mol. The first-order valence-electron chi connectivity index (χ1n) is 12.0. The van der Waals surface area contributed by atoms with E-state index in [0.29, 0.717) is 35.2 Å². The zero-order chi connectivity index (χ0) is 26.6. The van der Waals surface area contributed by atoms with Crippen LogP contribution in [0.3, 0.4) is 0 Å². The van der Waals surface area contributed by atoms with Gasteiger partial charge in [0.1, 0.15) is 0 Å². The van der Waals surface area contributed by atoms with Crippen LogP contribution in [0.2, 0.25) is 5.02 Å². The standard InChI is InChI=1S/C28H34ClN3O3S/c1-6-23-25(29)16-26(30)24(7-2)27(23)31-28(33)32(21-12-10-20(11-13-21)18(3)4)17-19-8-14-22(15-9-19)36(5,34)35/h8-16,18H,6-7,17,30H2,1-5H3,(H,31,33). The highest BCUT2D eigenvalue weighted by atomic mass is 35.5. The normalized spacial score (nSPS) is 11.5. The third-order valence-corrected chi connectivity index (χ3v) is 7.74. The molecule has 0 aromatic heterocycles. The summed E-state index contributed by atoms with van der Waals surface area (Å²) < 4.78 is 23.7. The van der Waals surface area contributed by atoms with E-state index in [1.165, 1.54) is 11.8 Å². The minimum Gasteiger partial charge on any atom is -0.398 e. The lowest BCUT2D eigenvalue weighted by molar-refractivity contribution is 0.256. The number of sulfone groups is 1. The molecule has 0 aliphatic rings. The summed E-state index contributed by atoms with van der Waals surface area (Å²) in [5, 5.41) is 3.60. The number of hydrogen-bond acceptors (Lipinski definition) is 4. The van der Waals surface area contributed by atoms with Crippen molar-refractivity contribution in [3.8, 4) is 0 Å². The maximum Gasteiger partial charge on any atom is 0.326 e. The van der Waals surface area contributed by atoms with Crippen LogP contribution in [-0.2, 0) is 29.2 Å². The van der Waals surface area contributed by atoms with E-state index in [9.17, 15) is 13.2 Å². The third-order valence-electron chi connectivity index (χ3n) is 6.27. The Morgan fingerprint density at radius 1 is 1.00 bits per heavy atom. The third kappa shape index (κ3) is 6.20. The number of rotatable bonds is 8. The van der Waals surface area contributed by atoms with Crippen LogP contribution < -0.4 is 16.0 Å². The van der Waals surface area contributed by atoms with E-state index in [4.69, 9.17) is 17.3 Å². The number of carbonyl (C=O) groups is 1. The minimum atomic E-state index is -3.31. The summed E-state index contributed by atoms with van der Waals surface area (Å²) in [6.07, 6.45) is 2.45. The maximum atomic E-state index is 13.8. The lowest BCUT2D eigenvalue weighted by atomic mass is 10.0. The Morgan fingerprint density at radius 2 is 1.58 bits per heavy atom. The van der Waals surface area contributed by atoms with Gasteiger partial charge in [-0.2, -0.15) is 0 Å². The van der Waals surface area contributed by atoms with Crippen LogP contribution >= 0.6 is 11.6 Å². The predicted molar refractivity (Wildman–Crippen MR) is 150 cm³/mol. The fourth-order valence-corrected chi connectivity index (χ4v) is 5.13. The van der Waals surface area contributed by atoms with Gasteiger partial charge in [-0.3, -0.25) is 4.90 Å². The first-order valence-corrected chi connectivity index (χ1v) is 14.3. The molecule has 0 saturated carbocycles. The number of nitrogens with two attached hydrogens (primary N) is 1. The summed E-state index contributed by atoms with van der Waals surface area (Å²) in [7, 11) is -3.31. The topological polar surface area (TPSA) is 92.5 Å². The average Bonchev–Trinajstić information content (AvgIpc) is 2.82. The van der Waals surface area contributed by atoms with Gasteiger partial charge in [0.05, 0.1) is 17.1 Å². The number of anilines is 3. The summed E-state index contributed by atoms with van der Waals surface area (Å²) in [6, 6.07) is 15.9. The molecule has 3 rings (SSSR count). The Morgan fingerprint density at radius 3 is 2.08 bits per heavy atom. The molecule has 0 aliphatic heterocycles. The van der Waals surface area contributed by atoms with Crippen molar-refractivity contribution < 1.29 is 13.2 Å². The van der Waals surface area contributed by atoms with Crippen LogP contribution in [0.5, 0.6) is 0 Å². The largest absolute Gasteiger partial charge is 0.398 e. The number of nitrogen functional groups attached to an aromatic ring is 1. The molecule has 0 fully saturated rings. The van der Waals surface area contributed by atoms with Crippen LogP contribution in [0.4, 0.5) is 21.9 Å². The number of nitrogens with zero attached hydrogens (tertiary/aromatic N) is 1. The summed E-state index contributed by atoms with van der Waals surface area (Å²) in [5.74, 6) is 0.360. The van der Waals surface area contributed by atoms with Crippen LogP contribution in [-0.4, -0.2) is 20.7 Å². The van der Waals surface area contributed by atoms with Crippen LogP contribution in [0.25, 0.3) is 0 Å². The quantitative estimate of drug-likeness (QED) is 0.314. The predicted octanol–water partition coefficient (Wildman–Crippen LogP) is 6.81. The van der Waals surface area contributed by atoms with Crippen molar-refractivity contribution in [1.82, 2.24) is 0 Å². The number of urea groups is 1. The summed E-state index contributed by atoms with van der Waals surface area (Å²) in [6.45, 7) is 8.45. The Bertz CT molecular complexity index is 1310. The SMILES string of the molecule is CCc1c(N)cc(Cl)c(CC)c1NC(=O)N(Cc1ccc(S(C)(=O)=O)cc1)c1ccc(C(C)C)cc1. The van der Waals surface area contributed by atoms with Crippen molar-refractivity contribution in [3.05, 3.63) is 81.9 Å². The Balaban J connectivity index is 2.03. The first-order chi connectivity index (χ1) is 17.0. The highest BCUT2D eigenvalue weighted by Gasteiger charge is 2.22. The van der Waals surface area contributed by atoms with Crippen LogP contribution in [0, 0.1) is 0 Å². The van der Waals surface area contributed by atoms with Gasteiger partial charge in [-0.1, -0.05) is 63.6 Å². The highest BCUT2D eigenvalue weighted by Crippen LogP contribution is 2.35. The minimum absolute atomic E-state index is 0.234.